The molecule has 0 amide bonds. The highest BCUT2D eigenvalue weighted by Crippen LogP contribution is 2.31. The number of aromatic nitrogens is 1. The van der Waals surface area contributed by atoms with E-state index in [4.69, 9.17) is 0 Å². The van der Waals surface area contributed by atoms with Crippen LogP contribution in [0.1, 0.15) is 25.3 Å². The van der Waals surface area contributed by atoms with E-state index in [9.17, 15) is 0 Å². The molecule has 2 rings (SSSR count). The maximum absolute atomic E-state index is 4.17. The van der Waals surface area contributed by atoms with Crippen LogP contribution in [-0.2, 0) is 0 Å². The smallest absolute Gasteiger partial charge is 0.0303 e. The van der Waals surface area contributed by atoms with Crippen molar-refractivity contribution in [2.75, 3.05) is 6.54 Å². The number of rotatable bonds is 1. The van der Waals surface area contributed by atoms with Gasteiger partial charge in [-0.15, -0.1) is 0 Å². The van der Waals surface area contributed by atoms with Crippen molar-refractivity contribution in [3.8, 4) is 0 Å². The molecule has 1 saturated heterocycles. The lowest BCUT2D eigenvalue weighted by molar-refractivity contribution is 0.518. The summed E-state index contributed by atoms with van der Waals surface area (Å²) in [4.78, 5) is 4.17. The van der Waals surface area contributed by atoms with Gasteiger partial charge in [-0.2, -0.15) is 0 Å². The Hall–Kier alpha value is -0.890. The highest BCUT2D eigenvalue weighted by Gasteiger charge is 2.30. The van der Waals surface area contributed by atoms with Gasteiger partial charge in [0.15, 0.2) is 0 Å². The summed E-state index contributed by atoms with van der Waals surface area (Å²) in [6.45, 7) is 5.68. The van der Waals surface area contributed by atoms with Gasteiger partial charge in [0.05, 0.1) is 0 Å². The van der Waals surface area contributed by atoms with Crippen molar-refractivity contribution in [1.29, 1.82) is 0 Å². The summed E-state index contributed by atoms with van der Waals surface area (Å²) in [5, 5.41) is 3.49. The van der Waals surface area contributed by atoms with E-state index < -0.39 is 0 Å². The molecule has 1 aromatic heterocycles. The predicted molar refractivity (Wildman–Crippen MR) is 53.6 cm³/mol. The molecule has 3 atom stereocenters. The molecule has 0 aliphatic carbocycles. The van der Waals surface area contributed by atoms with Crippen LogP contribution in [0.4, 0.5) is 0 Å². The van der Waals surface area contributed by atoms with Crippen LogP contribution in [0.3, 0.4) is 0 Å². The second-order valence-electron chi connectivity index (χ2n) is 3.99. The zero-order valence-corrected chi connectivity index (χ0v) is 8.20. The Morgan fingerprint density at radius 2 is 2.31 bits per heavy atom. The van der Waals surface area contributed by atoms with Crippen LogP contribution in [0, 0.1) is 5.92 Å². The van der Waals surface area contributed by atoms with Gasteiger partial charge in [0, 0.05) is 24.4 Å². The minimum Gasteiger partial charge on any atom is -0.313 e. The highest BCUT2D eigenvalue weighted by atomic mass is 15.0. The molecule has 0 spiro atoms. The number of pyridine rings is 1. The summed E-state index contributed by atoms with van der Waals surface area (Å²) in [6.07, 6.45) is 3.83. The first kappa shape index (κ1) is 8.70. The fraction of sp³-hybridized carbons (Fsp3) is 0.545. The van der Waals surface area contributed by atoms with Gasteiger partial charge in [-0.25, -0.2) is 0 Å². The molecule has 0 aromatic carbocycles. The third-order valence-electron chi connectivity index (χ3n) is 2.98. The Kier molecular flexibility index (Phi) is 2.32. The molecule has 1 aliphatic heterocycles. The monoisotopic (exact) mass is 176 g/mol. The predicted octanol–water partition coefficient (Wildman–Crippen LogP) is 1.79. The lowest BCUT2D eigenvalue weighted by atomic mass is 9.87. The standard InChI is InChI=1S/C11H16N2/c1-8-6-13-9(2)11(8)10-4-3-5-12-7-10/h3-5,7-9,11,13H,6H2,1-2H3. The molecule has 1 aromatic rings. The summed E-state index contributed by atoms with van der Waals surface area (Å²) in [5.41, 5.74) is 1.37. The first-order chi connectivity index (χ1) is 6.29. The van der Waals surface area contributed by atoms with Crippen molar-refractivity contribution in [2.24, 2.45) is 5.92 Å². The average Bonchev–Trinajstić information content (AvgIpc) is 2.48. The van der Waals surface area contributed by atoms with Crippen molar-refractivity contribution < 1.29 is 0 Å². The summed E-state index contributed by atoms with van der Waals surface area (Å²) >= 11 is 0. The Morgan fingerprint density at radius 1 is 1.46 bits per heavy atom. The summed E-state index contributed by atoms with van der Waals surface area (Å²) in [5.74, 6) is 1.35. The van der Waals surface area contributed by atoms with E-state index in [-0.39, 0.29) is 0 Å². The highest BCUT2D eigenvalue weighted by molar-refractivity contribution is 5.19. The fourth-order valence-corrected chi connectivity index (χ4v) is 2.31. The van der Waals surface area contributed by atoms with Crippen LogP contribution in [0.15, 0.2) is 24.5 Å². The number of nitrogens with zero attached hydrogens (tertiary/aromatic N) is 1. The molecule has 0 radical (unpaired) electrons. The van der Waals surface area contributed by atoms with E-state index in [2.05, 4.69) is 30.2 Å². The van der Waals surface area contributed by atoms with Crippen molar-refractivity contribution in [3.63, 3.8) is 0 Å². The van der Waals surface area contributed by atoms with Crippen LogP contribution < -0.4 is 5.32 Å². The zero-order chi connectivity index (χ0) is 9.26. The Morgan fingerprint density at radius 3 is 2.85 bits per heavy atom. The molecule has 2 nitrogen and oxygen atoms in total. The van der Waals surface area contributed by atoms with E-state index in [0.29, 0.717) is 12.0 Å². The van der Waals surface area contributed by atoms with Gasteiger partial charge in [0.25, 0.3) is 0 Å². The van der Waals surface area contributed by atoms with Crippen LogP contribution >= 0.6 is 0 Å². The summed E-state index contributed by atoms with van der Waals surface area (Å²) < 4.78 is 0. The second kappa shape index (κ2) is 3.46. The quantitative estimate of drug-likeness (QED) is 0.705. The molecule has 2 heteroatoms. The largest absolute Gasteiger partial charge is 0.313 e. The molecule has 2 heterocycles. The molecule has 0 saturated carbocycles. The van der Waals surface area contributed by atoms with Gasteiger partial charge in [0.1, 0.15) is 0 Å². The molecular weight excluding hydrogens is 160 g/mol. The Bertz CT molecular complexity index is 261. The molecule has 1 fully saturated rings. The Balaban J connectivity index is 2.25. The maximum Gasteiger partial charge on any atom is 0.0303 e. The molecule has 13 heavy (non-hydrogen) atoms. The molecule has 0 bridgehead atoms. The van der Waals surface area contributed by atoms with Crippen molar-refractivity contribution in [1.82, 2.24) is 10.3 Å². The van der Waals surface area contributed by atoms with Gasteiger partial charge in [-0.05, 0) is 31.0 Å². The summed E-state index contributed by atoms with van der Waals surface area (Å²) in [7, 11) is 0. The third kappa shape index (κ3) is 1.59. The molecule has 70 valence electrons. The van der Waals surface area contributed by atoms with Crippen molar-refractivity contribution in [2.45, 2.75) is 25.8 Å². The number of nitrogens with one attached hydrogen (secondary N) is 1. The van der Waals surface area contributed by atoms with E-state index in [0.717, 1.165) is 12.5 Å². The van der Waals surface area contributed by atoms with Gasteiger partial charge < -0.3 is 5.32 Å². The summed E-state index contributed by atoms with van der Waals surface area (Å²) in [6, 6.07) is 4.78. The van der Waals surface area contributed by atoms with E-state index in [1.165, 1.54) is 5.56 Å². The molecule has 1 N–H and O–H groups in total. The van der Waals surface area contributed by atoms with Gasteiger partial charge in [-0.3, -0.25) is 4.98 Å². The van der Waals surface area contributed by atoms with Crippen LogP contribution in [0.25, 0.3) is 0 Å². The van der Waals surface area contributed by atoms with Gasteiger partial charge in [0.2, 0.25) is 0 Å². The minimum absolute atomic E-state index is 0.583. The van der Waals surface area contributed by atoms with E-state index in [1.807, 2.05) is 18.5 Å². The molecular formula is C11H16N2. The normalized spacial score (nSPS) is 33.5. The molecule has 1 aliphatic rings. The van der Waals surface area contributed by atoms with E-state index in [1.54, 1.807) is 0 Å². The topological polar surface area (TPSA) is 24.9 Å². The zero-order valence-electron chi connectivity index (χ0n) is 8.20. The van der Waals surface area contributed by atoms with Gasteiger partial charge >= 0.3 is 0 Å². The third-order valence-corrected chi connectivity index (χ3v) is 2.98. The maximum atomic E-state index is 4.17. The molecule has 3 unspecified atom stereocenters. The first-order valence-corrected chi connectivity index (χ1v) is 4.92. The number of hydrogen-bond donors (Lipinski definition) is 1. The van der Waals surface area contributed by atoms with E-state index >= 15 is 0 Å². The first-order valence-electron chi connectivity index (χ1n) is 4.92. The SMILES string of the molecule is CC1CNC(C)C1c1cccnc1. The fourth-order valence-electron chi connectivity index (χ4n) is 2.31. The lowest BCUT2D eigenvalue weighted by Crippen LogP contribution is -2.21. The van der Waals surface area contributed by atoms with Gasteiger partial charge in [-0.1, -0.05) is 13.0 Å². The lowest BCUT2D eigenvalue weighted by Gasteiger charge is -2.18. The second-order valence-corrected chi connectivity index (χ2v) is 3.99. The Labute approximate surface area is 79.4 Å². The average molecular weight is 176 g/mol. The van der Waals surface area contributed by atoms with Crippen molar-refractivity contribution in [3.05, 3.63) is 30.1 Å². The minimum atomic E-state index is 0.583. The van der Waals surface area contributed by atoms with Crippen LogP contribution in [0.5, 0.6) is 0 Å². The van der Waals surface area contributed by atoms with Crippen molar-refractivity contribution >= 4 is 0 Å². The van der Waals surface area contributed by atoms with Crippen LogP contribution in [0.2, 0.25) is 0 Å². The number of hydrogen-bond acceptors (Lipinski definition) is 2. The van der Waals surface area contributed by atoms with Crippen LogP contribution in [-0.4, -0.2) is 17.6 Å².